The number of hydrogen-bond acceptors (Lipinski definition) is 7. The Morgan fingerprint density at radius 1 is 1.17 bits per heavy atom. The number of nitrogens with one attached hydrogen (secondary N) is 1. The number of rotatable bonds is 4. The zero-order chi connectivity index (χ0) is 21.3. The van der Waals surface area contributed by atoms with Crippen molar-refractivity contribution >= 4 is 23.0 Å². The average Bonchev–Trinajstić information content (AvgIpc) is 3.09. The number of nitro benzene ring substituents is 1. The summed E-state index contributed by atoms with van der Waals surface area (Å²) in [5.74, 6) is 1.16. The lowest BCUT2D eigenvalue weighted by Crippen LogP contribution is -2.47. The predicted molar refractivity (Wildman–Crippen MR) is 113 cm³/mol. The highest BCUT2D eigenvalue weighted by Gasteiger charge is 2.31. The molecule has 1 aromatic carbocycles. The minimum absolute atomic E-state index is 0.0332. The predicted octanol–water partition coefficient (Wildman–Crippen LogP) is 3.04. The number of hydrogen-bond donors (Lipinski definition) is 1. The van der Waals surface area contributed by atoms with Gasteiger partial charge in [-0.25, -0.2) is 0 Å². The number of furan rings is 1. The first-order valence-corrected chi connectivity index (χ1v) is 10.1. The van der Waals surface area contributed by atoms with Gasteiger partial charge in [-0.3, -0.25) is 20.3 Å². The first-order valence-electron chi connectivity index (χ1n) is 10.1. The topological polar surface area (TPSA) is 104 Å². The van der Waals surface area contributed by atoms with Gasteiger partial charge in [-0.05, 0) is 38.9 Å². The van der Waals surface area contributed by atoms with Crippen LogP contribution in [0.4, 0.5) is 11.4 Å². The Hall–Kier alpha value is -3.20. The number of amides is 1. The van der Waals surface area contributed by atoms with Crippen molar-refractivity contribution in [3.63, 3.8) is 0 Å². The summed E-state index contributed by atoms with van der Waals surface area (Å²) >= 11 is 0. The Morgan fingerprint density at radius 3 is 2.53 bits per heavy atom. The maximum absolute atomic E-state index is 13.0. The number of aryl methyl sites for hydroxylation is 1. The van der Waals surface area contributed by atoms with Gasteiger partial charge in [0.05, 0.1) is 16.3 Å². The number of carbonyl (C=O) groups excluding carboxylic acids is 1. The van der Waals surface area contributed by atoms with Crippen LogP contribution in [0.1, 0.15) is 40.3 Å². The Balaban J connectivity index is 1.55. The highest BCUT2D eigenvalue weighted by Crippen LogP contribution is 2.31. The molecule has 2 aliphatic rings. The van der Waals surface area contributed by atoms with Crippen molar-refractivity contribution in [3.05, 3.63) is 57.0 Å². The lowest BCUT2D eigenvalue weighted by Gasteiger charge is -2.31. The molecule has 4 rings (SSSR count). The molecule has 0 radical (unpaired) electrons. The van der Waals surface area contributed by atoms with Crippen molar-refractivity contribution in [2.24, 2.45) is 5.10 Å². The van der Waals surface area contributed by atoms with Crippen LogP contribution < -0.4 is 5.43 Å². The van der Waals surface area contributed by atoms with Crippen LogP contribution in [-0.4, -0.2) is 59.6 Å². The first-order chi connectivity index (χ1) is 14.4. The van der Waals surface area contributed by atoms with Crippen LogP contribution in [0.25, 0.3) is 0 Å². The van der Waals surface area contributed by atoms with Crippen LogP contribution in [0.15, 0.2) is 33.8 Å². The van der Waals surface area contributed by atoms with Gasteiger partial charge in [0, 0.05) is 55.9 Å². The van der Waals surface area contributed by atoms with E-state index in [0.717, 1.165) is 55.0 Å². The number of fused-ring (bicyclic) bond motifs is 1. The van der Waals surface area contributed by atoms with Gasteiger partial charge >= 0.3 is 0 Å². The maximum Gasteiger partial charge on any atom is 0.289 e. The highest BCUT2D eigenvalue weighted by atomic mass is 16.6. The van der Waals surface area contributed by atoms with Crippen LogP contribution in [0.5, 0.6) is 0 Å². The van der Waals surface area contributed by atoms with E-state index >= 15 is 0 Å². The minimum Gasteiger partial charge on any atom is -0.455 e. The van der Waals surface area contributed by atoms with E-state index in [4.69, 9.17) is 4.42 Å². The fraction of sp³-hybridized carbons (Fsp3) is 0.429. The van der Waals surface area contributed by atoms with Gasteiger partial charge in [-0.1, -0.05) is 0 Å². The standard InChI is InChI=1S/C21H25N5O4/c1-14-19-17(23-22-15-6-8-16(9-7-15)26(28)29)4-3-5-18(19)30-20(14)21(27)25-12-10-24(2)11-13-25/h6-9,22H,3-5,10-13H2,1-2H3/b23-17+. The van der Waals surface area contributed by atoms with Crippen molar-refractivity contribution in [3.8, 4) is 0 Å². The third-order valence-electron chi connectivity index (χ3n) is 5.71. The molecule has 1 saturated heterocycles. The minimum atomic E-state index is -0.434. The molecule has 1 aliphatic carbocycles. The van der Waals surface area contributed by atoms with Gasteiger partial charge in [-0.2, -0.15) is 5.10 Å². The fourth-order valence-corrected chi connectivity index (χ4v) is 3.93. The number of piperazine rings is 1. The average molecular weight is 411 g/mol. The van der Waals surface area contributed by atoms with E-state index in [0.29, 0.717) is 24.5 Å². The number of anilines is 1. The van der Waals surface area contributed by atoms with Gasteiger partial charge in [0.25, 0.3) is 11.6 Å². The van der Waals surface area contributed by atoms with E-state index in [1.54, 1.807) is 12.1 Å². The summed E-state index contributed by atoms with van der Waals surface area (Å²) in [6.07, 6.45) is 2.45. The fourth-order valence-electron chi connectivity index (χ4n) is 3.93. The molecule has 9 heteroatoms. The summed E-state index contributed by atoms with van der Waals surface area (Å²) in [5.41, 5.74) is 6.26. The smallest absolute Gasteiger partial charge is 0.289 e. The highest BCUT2D eigenvalue weighted by molar-refractivity contribution is 6.06. The SMILES string of the molecule is Cc1c(C(=O)N2CCN(C)CC2)oc2c1/C(=N/Nc1ccc([N+](=O)[O-])cc1)CCC2. The first kappa shape index (κ1) is 20.1. The van der Waals surface area contributed by atoms with Crippen molar-refractivity contribution in [1.82, 2.24) is 9.80 Å². The van der Waals surface area contributed by atoms with Crippen LogP contribution in [0.3, 0.4) is 0 Å². The third kappa shape index (κ3) is 3.93. The molecule has 0 bridgehead atoms. The molecule has 158 valence electrons. The second kappa shape index (κ2) is 8.27. The monoisotopic (exact) mass is 411 g/mol. The molecule has 30 heavy (non-hydrogen) atoms. The molecule has 0 atom stereocenters. The van der Waals surface area contributed by atoms with E-state index in [1.165, 1.54) is 12.1 Å². The molecule has 1 fully saturated rings. The van der Waals surface area contributed by atoms with Gasteiger partial charge in [0.15, 0.2) is 5.76 Å². The molecule has 9 nitrogen and oxygen atoms in total. The lowest BCUT2D eigenvalue weighted by molar-refractivity contribution is -0.384. The van der Waals surface area contributed by atoms with Gasteiger partial charge in [-0.15, -0.1) is 0 Å². The van der Waals surface area contributed by atoms with Gasteiger partial charge in [0.2, 0.25) is 0 Å². The second-order valence-electron chi connectivity index (χ2n) is 7.78. The molecule has 1 amide bonds. The Morgan fingerprint density at radius 2 is 1.87 bits per heavy atom. The molecule has 1 aliphatic heterocycles. The summed E-state index contributed by atoms with van der Waals surface area (Å²) in [7, 11) is 2.05. The molecule has 0 unspecified atom stereocenters. The van der Waals surface area contributed by atoms with E-state index in [1.807, 2.05) is 11.8 Å². The molecule has 1 N–H and O–H groups in total. The van der Waals surface area contributed by atoms with Gasteiger partial charge in [0.1, 0.15) is 5.76 Å². The van der Waals surface area contributed by atoms with Crippen molar-refractivity contribution < 1.29 is 14.1 Å². The number of likely N-dealkylation sites (N-methyl/N-ethyl adjacent to an activating group) is 1. The van der Waals surface area contributed by atoms with E-state index in [2.05, 4.69) is 22.5 Å². The number of benzene rings is 1. The summed E-state index contributed by atoms with van der Waals surface area (Å²) in [6.45, 7) is 5.03. The van der Waals surface area contributed by atoms with Crippen LogP contribution in [-0.2, 0) is 6.42 Å². The summed E-state index contributed by atoms with van der Waals surface area (Å²) in [5, 5.41) is 15.3. The van der Waals surface area contributed by atoms with Crippen molar-refractivity contribution in [2.45, 2.75) is 26.2 Å². The molecule has 2 heterocycles. The number of hydrazone groups is 1. The van der Waals surface area contributed by atoms with Crippen molar-refractivity contribution in [2.75, 3.05) is 38.7 Å². The molecule has 0 spiro atoms. The summed E-state index contributed by atoms with van der Waals surface area (Å²) in [4.78, 5) is 27.4. The molecule has 1 aromatic heterocycles. The number of carbonyl (C=O) groups is 1. The maximum atomic E-state index is 13.0. The Kier molecular flexibility index (Phi) is 5.54. The number of nitrogens with zero attached hydrogens (tertiary/aromatic N) is 4. The lowest BCUT2D eigenvalue weighted by atomic mass is 9.93. The van der Waals surface area contributed by atoms with E-state index in [-0.39, 0.29) is 11.6 Å². The third-order valence-corrected chi connectivity index (χ3v) is 5.71. The van der Waals surface area contributed by atoms with Crippen molar-refractivity contribution in [1.29, 1.82) is 0 Å². The molecule has 2 aromatic rings. The van der Waals surface area contributed by atoms with Crippen LogP contribution >= 0.6 is 0 Å². The quantitative estimate of drug-likeness (QED) is 0.613. The van der Waals surface area contributed by atoms with E-state index < -0.39 is 4.92 Å². The van der Waals surface area contributed by atoms with E-state index in [9.17, 15) is 14.9 Å². The Bertz CT molecular complexity index is 988. The number of non-ortho nitro benzene ring substituents is 1. The molecular weight excluding hydrogens is 386 g/mol. The molecular formula is C21H25N5O4. The molecule has 0 saturated carbocycles. The van der Waals surface area contributed by atoms with Crippen LogP contribution in [0.2, 0.25) is 0 Å². The summed E-state index contributed by atoms with van der Waals surface area (Å²) < 4.78 is 6.01. The van der Waals surface area contributed by atoms with Gasteiger partial charge < -0.3 is 14.2 Å². The normalized spacial score (nSPS) is 18.3. The number of nitro groups is 1. The largest absolute Gasteiger partial charge is 0.455 e. The van der Waals surface area contributed by atoms with Crippen LogP contribution in [0, 0.1) is 17.0 Å². The zero-order valence-electron chi connectivity index (χ0n) is 17.2. The zero-order valence-corrected chi connectivity index (χ0v) is 17.2. The second-order valence-corrected chi connectivity index (χ2v) is 7.78. The summed E-state index contributed by atoms with van der Waals surface area (Å²) in [6, 6.07) is 6.11. The Labute approximate surface area is 174 Å².